The van der Waals surface area contributed by atoms with E-state index in [9.17, 15) is 10.1 Å². The first-order valence-electron chi connectivity index (χ1n) is 4.60. The molecule has 0 saturated carbocycles. The number of hydrogen-bond donors (Lipinski definition) is 2. The largest absolute Gasteiger partial charge is 0.361 e. The third-order valence-corrected chi connectivity index (χ3v) is 2.40. The third-order valence-electron chi connectivity index (χ3n) is 2.40. The number of aromatic nitrogens is 1. The number of fused-ring (bicyclic) bond motifs is 1. The van der Waals surface area contributed by atoms with Crippen LogP contribution in [0.2, 0.25) is 0 Å². The van der Waals surface area contributed by atoms with Gasteiger partial charge in [0.15, 0.2) is 0 Å². The van der Waals surface area contributed by atoms with Crippen molar-refractivity contribution >= 4 is 16.6 Å². The number of nitro benzene ring substituents is 1. The van der Waals surface area contributed by atoms with Crippen LogP contribution in [0.15, 0.2) is 24.4 Å². The topological polar surface area (TPSA) is 85.0 Å². The van der Waals surface area contributed by atoms with Crippen LogP contribution in [0.25, 0.3) is 10.9 Å². The summed E-state index contributed by atoms with van der Waals surface area (Å²) < 4.78 is 0. The van der Waals surface area contributed by atoms with Crippen LogP contribution in [-0.4, -0.2) is 9.91 Å². The van der Waals surface area contributed by atoms with E-state index in [4.69, 9.17) is 5.73 Å². The maximum absolute atomic E-state index is 10.6. The molecule has 5 nitrogen and oxygen atoms in total. The van der Waals surface area contributed by atoms with Gasteiger partial charge in [0.25, 0.3) is 5.69 Å². The molecule has 0 aliphatic rings. The van der Waals surface area contributed by atoms with Gasteiger partial charge >= 0.3 is 0 Å². The van der Waals surface area contributed by atoms with Gasteiger partial charge in [0.1, 0.15) is 0 Å². The number of nitrogens with zero attached hydrogens (tertiary/aromatic N) is 1. The van der Waals surface area contributed by atoms with Gasteiger partial charge in [-0.05, 0) is 18.6 Å². The van der Waals surface area contributed by atoms with E-state index in [1.165, 1.54) is 6.07 Å². The Balaban J connectivity index is 2.66. The molecule has 0 radical (unpaired) electrons. The van der Waals surface area contributed by atoms with Crippen LogP contribution in [0, 0.1) is 10.1 Å². The number of nitrogens with one attached hydrogen (secondary N) is 1. The molecular weight excluding hydrogens is 194 g/mol. The fraction of sp³-hybridized carbons (Fsp3) is 0.200. The Morgan fingerprint density at radius 3 is 2.87 bits per heavy atom. The predicted octanol–water partition coefficient (Wildman–Crippen LogP) is 2.10. The summed E-state index contributed by atoms with van der Waals surface area (Å²) in [4.78, 5) is 13.2. The minimum Gasteiger partial charge on any atom is -0.361 e. The number of nitrogens with two attached hydrogens (primary N) is 1. The Hall–Kier alpha value is -1.88. The molecule has 15 heavy (non-hydrogen) atoms. The summed E-state index contributed by atoms with van der Waals surface area (Å²) >= 11 is 0. The van der Waals surface area contributed by atoms with Crippen molar-refractivity contribution in [2.75, 3.05) is 0 Å². The second kappa shape index (κ2) is 3.36. The molecule has 0 aliphatic carbocycles. The van der Waals surface area contributed by atoms with Gasteiger partial charge in [-0.15, -0.1) is 0 Å². The zero-order valence-electron chi connectivity index (χ0n) is 8.23. The van der Waals surface area contributed by atoms with Crippen molar-refractivity contribution < 1.29 is 4.92 Å². The number of H-pyrrole nitrogens is 1. The lowest BCUT2D eigenvalue weighted by Crippen LogP contribution is -2.03. The Bertz CT molecular complexity index is 516. The molecule has 1 atom stereocenters. The highest BCUT2D eigenvalue weighted by molar-refractivity contribution is 5.85. The van der Waals surface area contributed by atoms with Gasteiger partial charge in [-0.1, -0.05) is 0 Å². The fourth-order valence-electron chi connectivity index (χ4n) is 1.62. The van der Waals surface area contributed by atoms with Gasteiger partial charge in [0.05, 0.1) is 4.92 Å². The first-order valence-corrected chi connectivity index (χ1v) is 4.60. The van der Waals surface area contributed by atoms with Crippen LogP contribution in [0.1, 0.15) is 18.5 Å². The van der Waals surface area contributed by atoms with Crippen molar-refractivity contribution in [1.82, 2.24) is 4.98 Å². The lowest BCUT2D eigenvalue weighted by Gasteiger charge is -2.01. The molecule has 1 aromatic carbocycles. The number of hydrogen-bond acceptors (Lipinski definition) is 3. The first-order chi connectivity index (χ1) is 7.09. The number of aromatic amines is 1. The van der Waals surface area contributed by atoms with Crippen molar-refractivity contribution in [1.29, 1.82) is 0 Å². The second-order valence-corrected chi connectivity index (χ2v) is 3.52. The van der Waals surface area contributed by atoms with Crippen LogP contribution < -0.4 is 5.73 Å². The molecule has 0 aliphatic heterocycles. The van der Waals surface area contributed by atoms with Gasteiger partial charge < -0.3 is 10.7 Å². The molecule has 78 valence electrons. The van der Waals surface area contributed by atoms with Gasteiger partial charge in [-0.3, -0.25) is 10.1 Å². The lowest BCUT2D eigenvalue weighted by molar-refractivity contribution is -0.384. The Morgan fingerprint density at radius 2 is 2.27 bits per heavy atom. The van der Waals surface area contributed by atoms with Gasteiger partial charge in [-0.25, -0.2) is 0 Å². The molecule has 3 N–H and O–H groups in total. The molecule has 0 spiro atoms. The van der Waals surface area contributed by atoms with Crippen LogP contribution in [-0.2, 0) is 0 Å². The molecule has 1 unspecified atom stereocenters. The Morgan fingerprint density at radius 1 is 1.53 bits per heavy atom. The number of benzene rings is 1. The van der Waals surface area contributed by atoms with Gasteiger partial charge in [-0.2, -0.15) is 0 Å². The van der Waals surface area contributed by atoms with Crippen molar-refractivity contribution in [3.05, 3.63) is 40.1 Å². The van der Waals surface area contributed by atoms with Gasteiger partial charge in [0, 0.05) is 35.3 Å². The standard InChI is InChI=1S/C10H11N3O2/c1-6(11)9-5-12-10-3-2-7(13(14)15)4-8(9)10/h2-6,12H,11H2,1H3. The second-order valence-electron chi connectivity index (χ2n) is 3.52. The van der Waals surface area contributed by atoms with E-state index < -0.39 is 4.92 Å². The number of non-ortho nitro benzene ring substituents is 1. The average molecular weight is 205 g/mol. The zero-order valence-corrected chi connectivity index (χ0v) is 8.23. The predicted molar refractivity (Wildman–Crippen MR) is 57.6 cm³/mol. The van der Waals surface area contributed by atoms with Crippen LogP contribution in [0.5, 0.6) is 0 Å². The van der Waals surface area contributed by atoms with E-state index in [0.29, 0.717) is 0 Å². The summed E-state index contributed by atoms with van der Waals surface area (Å²) in [7, 11) is 0. The molecule has 1 heterocycles. The van der Waals surface area contributed by atoms with E-state index in [0.717, 1.165) is 16.5 Å². The molecule has 0 saturated heterocycles. The van der Waals surface area contributed by atoms with E-state index in [-0.39, 0.29) is 11.7 Å². The molecule has 2 aromatic rings. The van der Waals surface area contributed by atoms with E-state index in [1.807, 2.05) is 6.92 Å². The summed E-state index contributed by atoms with van der Waals surface area (Å²) in [6, 6.07) is 4.58. The minimum atomic E-state index is -0.405. The fourth-order valence-corrected chi connectivity index (χ4v) is 1.62. The summed E-state index contributed by atoms with van der Waals surface area (Å²) in [5.74, 6) is 0. The highest BCUT2D eigenvalue weighted by Crippen LogP contribution is 2.26. The minimum absolute atomic E-state index is 0.0870. The number of rotatable bonds is 2. The summed E-state index contributed by atoms with van der Waals surface area (Å²) in [6.45, 7) is 1.85. The normalized spacial score (nSPS) is 12.9. The van der Waals surface area contributed by atoms with E-state index >= 15 is 0 Å². The summed E-state index contributed by atoms with van der Waals surface area (Å²) in [6.07, 6.45) is 1.79. The molecule has 0 bridgehead atoms. The monoisotopic (exact) mass is 205 g/mol. The van der Waals surface area contributed by atoms with Crippen LogP contribution in [0.3, 0.4) is 0 Å². The van der Waals surface area contributed by atoms with Crippen molar-refractivity contribution in [3.63, 3.8) is 0 Å². The lowest BCUT2D eigenvalue weighted by atomic mass is 10.1. The molecular formula is C10H11N3O2. The number of nitro groups is 1. The van der Waals surface area contributed by atoms with E-state index in [1.54, 1.807) is 18.3 Å². The van der Waals surface area contributed by atoms with Crippen molar-refractivity contribution in [2.24, 2.45) is 5.73 Å². The highest BCUT2D eigenvalue weighted by atomic mass is 16.6. The molecule has 0 fully saturated rings. The maximum atomic E-state index is 10.6. The smallest absolute Gasteiger partial charge is 0.270 e. The molecule has 5 heteroatoms. The SMILES string of the molecule is CC(N)c1c[nH]c2ccc([N+](=O)[O-])cc12. The maximum Gasteiger partial charge on any atom is 0.270 e. The van der Waals surface area contributed by atoms with Crippen LogP contribution >= 0.6 is 0 Å². The third kappa shape index (κ3) is 1.57. The van der Waals surface area contributed by atoms with Crippen molar-refractivity contribution in [2.45, 2.75) is 13.0 Å². The molecule has 2 rings (SSSR count). The van der Waals surface area contributed by atoms with E-state index in [2.05, 4.69) is 4.98 Å². The molecule has 1 aromatic heterocycles. The Kier molecular flexibility index (Phi) is 2.17. The summed E-state index contributed by atoms with van der Waals surface area (Å²) in [5, 5.41) is 11.4. The average Bonchev–Trinajstić information content (AvgIpc) is 2.59. The Labute approximate surface area is 86.0 Å². The highest BCUT2D eigenvalue weighted by Gasteiger charge is 2.12. The zero-order chi connectivity index (χ0) is 11.0. The first kappa shape index (κ1) is 9.67. The molecule has 0 amide bonds. The van der Waals surface area contributed by atoms with Gasteiger partial charge in [0.2, 0.25) is 0 Å². The summed E-state index contributed by atoms with van der Waals surface area (Å²) in [5.41, 5.74) is 7.61. The van der Waals surface area contributed by atoms with Crippen molar-refractivity contribution in [3.8, 4) is 0 Å². The quantitative estimate of drug-likeness (QED) is 0.581. The van der Waals surface area contributed by atoms with Crippen LogP contribution in [0.4, 0.5) is 5.69 Å².